The van der Waals surface area contributed by atoms with Gasteiger partial charge in [0.15, 0.2) is 5.11 Å². The molecule has 22 heavy (non-hydrogen) atoms. The molecule has 0 spiro atoms. The van der Waals surface area contributed by atoms with Crippen LogP contribution in [0.25, 0.3) is 10.2 Å². The summed E-state index contributed by atoms with van der Waals surface area (Å²) >= 11 is 12.7. The van der Waals surface area contributed by atoms with E-state index < -0.39 is 0 Å². The van der Waals surface area contributed by atoms with E-state index in [2.05, 4.69) is 28.0 Å². The van der Waals surface area contributed by atoms with Gasteiger partial charge >= 0.3 is 0 Å². The minimum atomic E-state index is 0.430. The molecule has 0 amide bonds. The van der Waals surface area contributed by atoms with Gasteiger partial charge in [0, 0.05) is 17.8 Å². The number of nitrogens with zero attached hydrogens (tertiary/aromatic N) is 2. The fourth-order valence-corrected chi connectivity index (χ4v) is 3.25. The number of thiazole rings is 1. The average molecular weight is 349 g/mol. The Morgan fingerprint density at radius 2 is 1.91 bits per heavy atom. The van der Waals surface area contributed by atoms with Crippen molar-refractivity contribution in [3.8, 4) is 0 Å². The Morgan fingerprint density at radius 3 is 2.64 bits per heavy atom. The van der Waals surface area contributed by atoms with E-state index in [4.69, 9.17) is 23.8 Å². The molecule has 0 saturated heterocycles. The van der Waals surface area contributed by atoms with Crippen LogP contribution < -0.4 is 15.5 Å². The molecule has 3 rings (SSSR count). The summed E-state index contributed by atoms with van der Waals surface area (Å²) in [5.74, 6) is 0. The van der Waals surface area contributed by atoms with Crippen LogP contribution in [0.5, 0.6) is 0 Å². The number of aromatic nitrogens is 1. The van der Waals surface area contributed by atoms with Crippen LogP contribution in [-0.2, 0) is 7.05 Å². The van der Waals surface area contributed by atoms with Crippen molar-refractivity contribution < 1.29 is 0 Å². The molecular weight excluding hydrogens is 336 g/mol. The molecule has 0 radical (unpaired) electrons. The zero-order valence-corrected chi connectivity index (χ0v) is 14.1. The van der Waals surface area contributed by atoms with Gasteiger partial charge in [-0.15, -0.1) is 5.10 Å². The summed E-state index contributed by atoms with van der Waals surface area (Å²) in [4.78, 5) is 0.849. The predicted molar refractivity (Wildman–Crippen MR) is 97.2 cm³/mol. The summed E-state index contributed by atoms with van der Waals surface area (Å²) in [6, 6.07) is 15.5. The molecule has 7 heteroatoms. The second kappa shape index (κ2) is 6.48. The lowest BCUT2D eigenvalue weighted by molar-refractivity contribution is 0.853. The van der Waals surface area contributed by atoms with E-state index in [-0.39, 0.29) is 0 Å². The molecule has 4 nitrogen and oxygen atoms in total. The summed E-state index contributed by atoms with van der Waals surface area (Å²) < 4.78 is 3.21. The molecule has 0 atom stereocenters. The van der Waals surface area contributed by atoms with Crippen LogP contribution in [0.1, 0.15) is 0 Å². The van der Waals surface area contributed by atoms with E-state index >= 15 is 0 Å². The molecule has 0 aliphatic rings. The van der Waals surface area contributed by atoms with Gasteiger partial charge in [0.1, 0.15) is 0 Å². The van der Waals surface area contributed by atoms with E-state index in [0.29, 0.717) is 10.1 Å². The molecule has 0 unspecified atom stereocenters. The van der Waals surface area contributed by atoms with Crippen LogP contribution in [-0.4, -0.2) is 9.68 Å². The highest BCUT2D eigenvalue weighted by molar-refractivity contribution is 7.80. The van der Waals surface area contributed by atoms with Gasteiger partial charge in [-0.3, -0.25) is 5.43 Å². The van der Waals surface area contributed by atoms with Crippen LogP contribution in [0, 0.1) is 0 Å². The third-order valence-corrected chi connectivity index (χ3v) is 4.63. The number of fused-ring (bicyclic) bond motifs is 1. The Morgan fingerprint density at radius 1 is 1.18 bits per heavy atom. The minimum Gasteiger partial charge on any atom is -0.331 e. The zero-order valence-electron chi connectivity index (χ0n) is 11.7. The van der Waals surface area contributed by atoms with Crippen LogP contribution >= 0.6 is 35.2 Å². The second-order valence-electron chi connectivity index (χ2n) is 4.60. The van der Waals surface area contributed by atoms with Crippen molar-refractivity contribution in [1.29, 1.82) is 0 Å². The molecule has 2 aromatic carbocycles. The van der Waals surface area contributed by atoms with Crippen molar-refractivity contribution in [1.82, 2.24) is 9.99 Å². The lowest BCUT2D eigenvalue weighted by atomic mass is 10.3. The molecule has 112 valence electrons. The number of anilines is 1. The van der Waals surface area contributed by atoms with E-state index in [1.807, 2.05) is 35.9 Å². The van der Waals surface area contributed by atoms with Gasteiger partial charge in [-0.1, -0.05) is 35.1 Å². The SMILES string of the molecule is Cn1/c(=N/NC(=S)Nc2ccc(Cl)cc2)sc2ccccc21. The first-order chi connectivity index (χ1) is 10.6. The summed E-state index contributed by atoms with van der Waals surface area (Å²) in [6.45, 7) is 0. The largest absolute Gasteiger partial charge is 0.331 e. The van der Waals surface area contributed by atoms with Gasteiger partial charge in [-0.05, 0) is 48.6 Å². The van der Waals surface area contributed by atoms with Gasteiger partial charge in [-0.2, -0.15) is 0 Å². The fourth-order valence-electron chi connectivity index (χ4n) is 1.98. The van der Waals surface area contributed by atoms with Crippen LogP contribution in [0.15, 0.2) is 53.6 Å². The van der Waals surface area contributed by atoms with Crippen LogP contribution in [0.4, 0.5) is 5.69 Å². The average Bonchev–Trinajstić information content (AvgIpc) is 2.84. The maximum Gasteiger partial charge on any atom is 0.209 e. The highest BCUT2D eigenvalue weighted by Crippen LogP contribution is 2.15. The number of halogens is 1. The van der Waals surface area contributed by atoms with E-state index in [1.165, 1.54) is 4.70 Å². The molecule has 0 bridgehead atoms. The minimum absolute atomic E-state index is 0.430. The summed E-state index contributed by atoms with van der Waals surface area (Å²) in [5, 5.41) is 8.53. The Labute approximate surface area is 142 Å². The van der Waals surface area contributed by atoms with Crippen molar-refractivity contribution in [3.05, 3.63) is 58.4 Å². The highest BCUT2D eigenvalue weighted by atomic mass is 35.5. The molecular formula is C15H13ClN4S2. The van der Waals surface area contributed by atoms with Crippen molar-refractivity contribution >= 4 is 56.2 Å². The molecule has 1 heterocycles. The summed E-state index contributed by atoms with van der Waals surface area (Å²) in [5.41, 5.74) is 4.87. The second-order valence-corrected chi connectivity index (χ2v) is 6.45. The summed E-state index contributed by atoms with van der Waals surface area (Å²) in [7, 11) is 1.98. The number of hydrogen-bond donors (Lipinski definition) is 2. The smallest absolute Gasteiger partial charge is 0.209 e. The number of para-hydroxylation sites is 1. The zero-order chi connectivity index (χ0) is 15.5. The third-order valence-electron chi connectivity index (χ3n) is 3.07. The van der Waals surface area contributed by atoms with Gasteiger partial charge in [-0.25, -0.2) is 0 Å². The summed E-state index contributed by atoms with van der Waals surface area (Å²) in [6.07, 6.45) is 0. The number of benzene rings is 2. The van der Waals surface area contributed by atoms with Crippen LogP contribution in [0.2, 0.25) is 5.02 Å². The number of rotatable bonds is 2. The predicted octanol–water partition coefficient (Wildman–Crippen LogP) is 3.70. The Bertz CT molecular complexity index is 880. The van der Waals surface area contributed by atoms with Crippen LogP contribution in [0.3, 0.4) is 0 Å². The molecule has 2 N–H and O–H groups in total. The number of nitrogens with one attached hydrogen (secondary N) is 2. The molecule has 0 aliphatic carbocycles. The highest BCUT2D eigenvalue weighted by Gasteiger charge is 2.01. The Hall–Kier alpha value is -1.89. The van der Waals surface area contributed by atoms with Gasteiger partial charge < -0.3 is 9.88 Å². The number of hydrogen-bond acceptors (Lipinski definition) is 3. The van der Waals surface area contributed by atoms with E-state index in [0.717, 1.165) is 16.0 Å². The molecule has 3 aromatic rings. The van der Waals surface area contributed by atoms with E-state index in [1.54, 1.807) is 23.5 Å². The quantitative estimate of drug-likeness (QED) is 0.548. The van der Waals surface area contributed by atoms with Crippen molar-refractivity contribution in [3.63, 3.8) is 0 Å². The lowest BCUT2D eigenvalue weighted by Crippen LogP contribution is -2.27. The first-order valence-electron chi connectivity index (χ1n) is 6.54. The van der Waals surface area contributed by atoms with Crippen molar-refractivity contribution in [2.24, 2.45) is 12.1 Å². The molecule has 1 aromatic heterocycles. The Balaban J connectivity index is 1.76. The van der Waals surface area contributed by atoms with Gasteiger partial charge in [0.25, 0.3) is 0 Å². The monoisotopic (exact) mass is 348 g/mol. The number of thiocarbonyl (C=S) groups is 1. The van der Waals surface area contributed by atoms with Gasteiger partial charge in [0.05, 0.1) is 10.2 Å². The van der Waals surface area contributed by atoms with Gasteiger partial charge in [0.2, 0.25) is 4.80 Å². The van der Waals surface area contributed by atoms with Crippen molar-refractivity contribution in [2.45, 2.75) is 0 Å². The maximum atomic E-state index is 5.85. The lowest BCUT2D eigenvalue weighted by Gasteiger charge is -2.06. The van der Waals surface area contributed by atoms with Crippen molar-refractivity contribution in [2.75, 3.05) is 5.32 Å². The fraction of sp³-hybridized carbons (Fsp3) is 0.0667. The number of aryl methyl sites for hydroxylation is 1. The third kappa shape index (κ3) is 3.30. The topological polar surface area (TPSA) is 41.4 Å². The first kappa shape index (κ1) is 15.0. The first-order valence-corrected chi connectivity index (χ1v) is 8.14. The maximum absolute atomic E-state index is 5.85. The molecule has 0 saturated carbocycles. The standard InChI is InChI=1S/C15H13ClN4S2/c1-20-12-4-2-3-5-13(12)22-15(20)19-18-14(21)17-11-8-6-10(16)7-9-11/h2-9H,1H3,(H2,17,18,21)/b19-15-. The molecule has 0 aliphatic heterocycles. The molecule has 0 fully saturated rings. The van der Waals surface area contributed by atoms with E-state index in [9.17, 15) is 0 Å². The Kier molecular flexibility index (Phi) is 4.42. The normalized spacial score (nSPS) is 11.6.